The van der Waals surface area contributed by atoms with E-state index in [-0.39, 0.29) is 5.54 Å². The standard InChI is InChI=1S/C17H31N5OS/c1-14-12-24-15(21-14)6-5-7-19-16(18-4)20-13-17(2,3)22-8-10-23-11-9-22/h12H,5-11,13H2,1-4H3,(H2,18,19,20). The number of hydrogen-bond acceptors (Lipinski definition) is 5. The number of aliphatic imine (C=N–C) groups is 1. The Labute approximate surface area is 149 Å². The molecule has 1 aromatic rings. The topological polar surface area (TPSA) is 61.8 Å². The van der Waals surface area contributed by atoms with Crippen LogP contribution in [0.1, 0.15) is 31.0 Å². The molecule has 1 aliphatic rings. The molecular formula is C17H31N5OS. The van der Waals surface area contributed by atoms with Crippen molar-refractivity contribution in [2.45, 2.75) is 39.2 Å². The van der Waals surface area contributed by atoms with E-state index in [9.17, 15) is 0 Å². The Morgan fingerprint density at radius 1 is 1.38 bits per heavy atom. The molecule has 0 aromatic carbocycles. The molecule has 24 heavy (non-hydrogen) atoms. The number of guanidine groups is 1. The quantitative estimate of drug-likeness (QED) is 0.443. The summed E-state index contributed by atoms with van der Waals surface area (Å²) in [7, 11) is 1.82. The van der Waals surface area contributed by atoms with Gasteiger partial charge in [-0.3, -0.25) is 9.89 Å². The Balaban J connectivity index is 1.67. The zero-order valence-electron chi connectivity index (χ0n) is 15.4. The molecule has 1 fully saturated rings. The molecular weight excluding hydrogens is 322 g/mol. The van der Waals surface area contributed by atoms with Crippen molar-refractivity contribution in [2.24, 2.45) is 4.99 Å². The number of thiazole rings is 1. The highest BCUT2D eigenvalue weighted by Gasteiger charge is 2.28. The van der Waals surface area contributed by atoms with Crippen molar-refractivity contribution in [3.63, 3.8) is 0 Å². The fraction of sp³-hybridized carbons (Fsp3) is 0.765. The van der Waals surface area contributed by atoms with Crippen LogP contribution in [0.15, 0.2) is 10.4 Å². The maximum Gasteiger partial charge on any atom is 0.191 e. The fourth-order valence-electron chi connectivity index (χ4n) is 2.77. The molecule has 2 rings (SSSR count). The second-order valence-electron chi connectivity index (χ2n) is 6.75. The maximum absolute atomic E-state index is 5.44. The Hall–Kier alpha value is -1.18. The number of nitrogens with zero attached hydrogens (tertiary/aromatic N) is 3. The highest BCUT2D eigenvalue weighted by Crippen LogP contribution is 2.15. The summed E-state index contributed by atoms with van der Waals surface area (Å²) in [6.45, 7) is 12.0. The van der Waals surface area contributed by atoms with E-state index in [0.29, 0.717) is 0 Å². The first-order valence-corrected chi connectivity index (χ1v) is 9.57. The summed E-state index contributed by atoms with van der Waals surface area (Å²) in [5.41, 5.74) is 1.20. The lowest BCUT2D eigenvalue weighted by molar-refractivity contribution is -0.00833. The Morgan fingerprint density at radius 2 is 2.12 bits per heavy atom. The van der Waals surface area contributed by atoms with Gasteiger partial charge in [-0.2, -0.15) is 0 Å². The molecule has 0 radical (unpaired) electrons. The summed E-state index contributed by atoms with van der Waals surface area (Å²) in [6, 6.07) is 0. The Bertz CT molecular complexity index is 523. The van der Waals surface area contributed by atoms with E-state index in [1.807, 2.05) is 14.0 Å². The second kappa shape index (κ2) is 9.34. The molecule has 0 bridgehead atoms. The minimum absolute atomic E-state index is 0.0832. The molecule has 6 nitrogen and oxygen atoms in total. The average Bonchev–Trinajstić information content (AvgIpc) is 3.00. The lowest BCUT2D eigenvalue weighted by Gasteiger charge is -2.41. The van der Waals surface area contributed by atoms with Gasteiger partial charge >= 0.3 is 0 Å². The van der Waals surface area contributed by atoms with Gasteiger partial charge in [-0.25, -0.2) is 4.98 Å². The monoisotopic (exact) mass is 353 g/mol. The van der Waals surface area contributed by atoms with Gasteiger partial charge in [0.2, 0.25) is 0 Å². The summed E-state index contributed by atoms with van der Waals surface area (Å²) in [5.74, 6) is 0.867. The van der Waals surface area contributed by atoms with Gasteiger partial charge in [0.25, 0.3) is 0 Å². The number of hydrogen-bond donors (Lipinski definition) is 2. The van der Waals surface area contributed by atoms with E-state index in [1.54, 1.807) is 11.3 Å². The van der Waals surface area contributed by atoms with Crippen LogP contribution in [0.25, 0.3) is 0 Å². The van der Waals surface area contributed by atoms with Crippen LogP contribution in [0.3, 0.4) is 0 Å². The first kappa shape index (κ1) is 19.1. The van der Waals surface area contributed by atoms with Gasteiger partial charge in [0.15, 0.2) is 5.96 Å². The van der Waals surface area contributed by atoms with E-state index >= 15 is 0 Å². The van der Waals surface area contributed by atoms with E-state index in [0.717, 1.165) is 63.9 Å². The molecule has 0 unspecified atom stereocenters. The SMILES string of the molecule is CN=C(NCCCc1nc(C)cs1)NCC(C)(C)N1CCOCC1. The van der Waals surface area contributed by atoms with Gasteiger partial charge in [-0.1, -0.05) is 0 Å². The molecule has 1 saturated heterocycles. The zero-order valence-corrected chi connectivity index (χ0v) is 16.2. The summed E-state index contributed by atoms with van der Waals surface area (Å²) < 4.78 is 5.44. The van der Waals surface area contributed by atoms with Crippen molar-refractivity contribution in [1.29, 1.82) is 0 Å². The van der Waals surface area contributed by atoms with E-state index in [4.69, 9.17) is 4.74 Å². The van der Waals surface area contributed by atoms with Crippen LogP contribution in [0.2, 0.25) is 0 Å². The molecule has 1 aliphatic heterocycles. The zero-order chi connectivity index (χ0) is 17.4. The van der Waals surface area contributed by atoms with Crippen molar-refractivity contribution in [3.8, 4) is 0 Å². The predicted molar refractivity (Wildman–Crippen MR) is 101 cm³/mol. The largest absolute Gasteiger partial charge is 0.379 e. The van der Waals surface area contributed by atoms with Gasteiger partial charge in [0, 0.05) is 56.3 Å². The van der Waals surface area contributed by atoms with Gasteiger partial charge < -0.3 is 15.4 Å². The minimum Gasteiger partial charge on any atom is -0.379 e. The molecule has 2 heterocycles. The van der Waals surface area contributed by atoms with Crippen LogP contribution in [0.5, 0.6) is 0 Å². The van der Waals surface area contributed by atoms with Gasteiger partial charge in [0.1, 0.15) is 0 Å². The number of ether oxygens (including phenoxy) is 1. The molecule has 0 spiro atoms. The Morgan fingerprint density at radius 3 is 2.75 bits per heavy atom. The molecule has 1 aromatic heterocycles. The predicted octanol–water partition coefficient (Wildman–Crippen LogP) is 1.66. The van der Waals surface area contributed by atoms with E-state index in [1.165, 1.54) is 5.01 Å². The number of aryl methyl sites for hydroxylation is 2. The Kier molecular flexibility index (Phi) is 7.45. The lowest BCUT2D eigenvalue weighted by atomic mass is 10.0. The third-order valence-corrected chi connectivity index (χ3v) is 5.33. The van der Waals surface area contributed by atoms with Crippen LogP contribution in [-0.2, 0) is 11.2 Å². The summed E-state index contributed by atoms with van der Waals surface area (Å²) >= 11 is 1.74. The van der Waals surface area contributed by atoms with Crippen molar-refractivity contribution >= 4 is 17.3 Å². The average molecular weight is 354 g/mol. The number of aromatic nitrogens is 1. The first-order valence-electron chi connectivity index (χ1n) is 8.69. The van der Waals surface area contributed by atoms with Gasteiger partial charge in [0.05, 0.1) is 18.2 Å². The third-order valence-electron chi connectivity index (χ3n) is 4.31. The van der Waals surface area contributed by atoms with E-state index in [2.05, 4.69) is 44.7 Å². The minimum atomic E-state index is 0.0832. The molecule has 7 heteroatoms. The second-order valence-corrected chi connectivity index (χ2v) is 7.69. The smallest absolute Gasteiger partial charge is 0.191 e. The lowest BCUT2D eigenvalue weighted by Crippen LogP contribution is -2.56. The van der Waals surface area contributed by atoms with Crippen LogP contribution in [0.4, 0.5) is 0 Å². The molecule has 0 aliphatic carbocycles. The van der Waals surface area contributed by atoms with Crippen molar-refractivity contribution < 1.29 is 4.74 Å². The fourth-order valence-corrected chi connectivity index (χ4v) is 3.58. The number of rotatable bonds is 7. The first-order chi connectivity index (χ1) is 11.5. The van der Waals surface area contributed by atoms with Crippen molar-refractivity contribution in [2.75, 3.05) is 46.4 Å². The summed E-state index contributed by atoms with van der Waals surface area (Å²) in [5, 5.41) is 10.2. The normalized spacial score (nSPS) is 17.1. The molecule has 0 saturated carbocycles. The summed E-state index contributed by atoms with van der Waals surface area (Å²) in [6.07, 6.45) is 2.07. The highest BCUT2D eigenvalue weighted by molar-refractivity contribution is 7.09. The van der Waals surface area contributed by atoms with Crippen LogP contribution < -0.4 is 10.6 Å². The summed E-state index contributed by atoms with van der Waals surface area (Å²) in [4.78, 5) is 11.3. The van der Waals surface area contributed by atoms with Crippen LogP contribution in [-0.4, -0.2) is 67.8 Å². The van der Waals surface area contributed by atoms with Crippen LogP contribution in [0, 0.1) is 6.92 Å². The molecule has 0 amide bonds. The van der Waals surface area contributed by atoms with Gasteiger partial charge in [-0.15, -0.1) is 11.3 Å². The molecule has 2 N–H and O–H groups in total. The van der Waals surface area contributed by atoms with Gasteiger partial charge in [-0.05, 0) is 27.2 Å². The van der Waals surface area contributed by atoms with Crippen LogP contribution >= 0.6 is 11.3 Å². The van der Waals surface area contributed by atoms with Crippen molar-refractivity contribution in [3.05, 3.63) is 16.1 Å². The number of nitrogens with one attached hydrogen (secondary N) is 2. The number of morpholine rings is 1. The third kappa shape index (κ3) is 6.03. The van der Waals surface area contributed by atoms with E-state index < -0.39 is 0 Å². The van der Waals surface area contributed by atoms with Crippen molar-refractivity contribution in [1.82, 2.24) is 20.5 Å². The molecule has 136 valence electrons. The maximum atomic E-state index is 5.44. The highest BCUT2D eigenvalue weighted by atomic mass is 32.1. The molecule has 0 atom stereocenters.